The lowest BCUT2D eigenvalue weighted by Gasteiger charge is -2.49. The van der Waals surface area contributed by atoms with Crippen molar-refractivity contribution in [2.45, 2.75) is 60.4 Å². The summed E-state index contributed by atoms with van der Waals surface area (Å²) in [7, 11) is -4.47. The second-order valence-corrected chi connectivity index (χ2v) is 13.2. The molecule has 3 aromatic rings. The molecule has 0 spiro atoms. The van der Waals surface area contributed by atoms with Crippen molar-refractivity contribution in [2.24, 2.45) is 28.1 Å². The summed E-state index contributed by atoms with van der Waals surface area (Å²) >= 11 is 0. The van der Waals surface area contributed by atoms with Gasteiger partial charge in [0.15, 0.2) is 5.96 Å². The number of carbonyl (C=O) groups is 2. The summed E-state index contributed by atoms with van der Waals surface area (Å²) in [5, 5.41) is 10.8. The van der Waals surface area contributed by atoms with Crippen LogP contribution in [-0.2, 0) is 25.8 Å². The zero-order chi connectivity index (χ0) is 30.1. The largest absolute Gasteiger partial charge is 0.506 e. The Morgan fingerprint density at radius 1 is 0.976 bits per heavy atom. The van der Waals surface area contributed by atoms with Crippen molar-refractivity contribution >= 4 is 44.3 Å². The second-order valence-electron chi connectivity index (χ2n) is 11.0. The van der Waals surface area contributed by atoms with Crippen molar-refractivity contribution in [2.75, 3.05) is 6.54 Å². The van der Waals surface area contributed by atoms with Crippen LogP contribution in [0.5, 0.6) is 0 Å². The van der Waals surface area contributed by atoms with E-state index in [2.05, 4.69) is 4.99 Å². The number of guanidine groups is 1. The van der Waals surface area contributed by atoms with E-state index >= 15 is 0 Å². The van der Waals surface area contributed by atoms with Crippen molar-refractivity contribution in [3.05, 3.63) is 72.3 Å². The van der Waals surface area contributed by atoms with Gasteiger partial charge in [0, 0.05) is 31.3 Å². The molecule has 2 fully saturated rings. The van der Waals surface area contributed by atoms with Gasteiger partial charge in [0.25, 0.3) is 5.91 Å². The molecule has 11 nitrogen and oxygen atoms in total. The summed E-state index contributed by atoms with van der Waals surface area (Å²) in [6.45, 7) is 0.123. The fourth-order valence-corrected chi connectivity index (χ4v) is 8.05. The maximum atomic E-state index is 14.6. The number of nitrogens with two attached hydrogens (primary N) is 3. The third-order valence-corrected chi connectivity index (χ3v) is 10.5. The van der Waals surface area contributed by atoms with E-state index < -0.39 is 38.9 Å². The third-order valence-electron chi connectivity index (χ3n) is 8.34. The highest BCUT2D eigenvalue weighted by molar-refractivity contribution is 7.93. The predicted molar refractivity (Wildman–Crippen MR) is 159 cm³/mol. The molecule has 1 heterocycles. The Morgan fingerprint density at radius 2 is 1.71 bits per heavy atom. The van der Waals surface area contributed by atoms with E-state index in [9.17, 15) is 23.1 Å². The van der Waals surface area contributed by atoms with Gasteiger partial charge in [-0.3, -0.25) is 4.79 Å². The Bertz CT molecular complexity index is 1640. The zero-order valence-corrected chi connectivity index (χ0v) is 23.9. The summed E-state index contributed by atoms with van der Waals surface area (Å²) in [5.41, 5.74) is 18.8. The maximum absolute atomic E-state index is 14.6. The number of likely N-dealkylation sites (tertiary alicyclic amines) is 1. The van der Waals surface area contributed by atoms with Crippen LogP contribution in [-0.4, -0.2) is 60.0 Å². The lowest BCUT2D eigenvalue weighted by Crippen LogP contribution is -2.66. The van der Waals surface area contributed by atoms with Gasteiger partial charge in [-0.1, -0.05) is 55.3 Å². The van der Waals surface area contributed by atoms with E-state index in [0.29, 0.717) is 29.5 Å². The standard InChI is InChI=1S/C30H35N5O6S/c31-28(32)34-22-9-5-6-19(16-22)18-30(33,42(39,40)23-13-12-20-7-1-2-8-21(20)17-23)27(36)35-15-14-26(41-29(37)38)24-10-3-4-11-25(24)35/h1-2,5-9,12-13,16-17,24-26H,3-4,10-11,14-15,18,33H2,(H,37,38)(H4,31,32,34)/t24?,25?,26?,30-/m1/s1. The first-order valence-corrected chi connectivity index (χ1v) is 15.4. The molecule has 1 saturated heterocycles. The number of hydrogen-bond acceptors (Lipinski definition) is 7. The summed E-state index contributed by atoms with van der Waals surface area (Å²) in [5.74, 6) is -1.14. The first kappa shape index (κ1) is 29.3. The molecule has 4 atom stereocenters. The molecule has 1 saturated carbocycles. The smallest absolute Gasteiger partial charge is 0.450 e. The molecule has 222 valence electrons. The minimum atomic E-state index is -4.47. The Hall–Kier alpha value is -4.16. The van der Waals surface area contributed by atoms with Crippen LogP contribution in [0, 0.1) is 5.92 Å². The number of fused-ring (bicyclic) bond motifs is 2. The molecule has 3 aromatic carbocycles. The van der Waals surface area contributed by atoms with Crippen molar-refractivity contribution in [3.63, 3.8) is 0 Å². The molecule has 1 aliphatic carbocycles. The SMILES string of the molecule is NC(N)=Nc1cccc(C[C@](N)(C(=O)N2CCC(OC(=O)O)C3CCCCC32)S(=O)(=O)c2ccc3ccccc3c2)c1. The van der Waals surface area contributed by atoms with Gasteiger partial charge in [0.2, 0.25) is 14.7 Å². The van der Waals surface area contributed by atoms with E-state index in [-0.39, 0.29) is 36.2 Å². The van der Waals surface area contributed by atoms with E-state index in [1.807, 2.05) is 12.1 Å². The highest BCUT2D eigenvalue weighted by atomic mass is 32.2. The Balaban J connectivity index is 1.58. The fraction of sp³-hybridized carbons (Fsp3) is 0.367. The van der Waals surface area contributed by atoms with Gasteiger partial charge in [0.1, 0.15) is 6.10 Å². The molecule has 2 aliphatic rings. The summed E-state index contributed by atoms with van der Waals surface area (Å²) in [6.07, 6.45) is 0.936. The van der Waals surface area contributed by atoms with E-state index in [1.54, 1.807) is 47.4 Å². The van der Waals surface area contributed by atoms with Gasteiger partial charge in [-0.05, 0) is 53.4 Å². The summed E-state index contributed by atoms with van der Waals surface area (Å²) in [6, 6.07) is 18.2. The first-order valence-electron chi connectivity index (χ1n) is 13.9. The highest BCUT2D eigenvalue weighted by Crippen LogP contribution is 2.40. The van der Waals surface area contributed by atoms with Crippen LogP contribution in [0.2, 0.25) is 0 Å². The van der Waals surface area contributed by atoms with Crippen molar-refractivity contribution in [1.82, 2.24) is 4.90 Å². The van der Waals surface area contributed by atoms with Gasteiger partial charge >= 0.3 is 6.16 Å². The molecule has 0 radical (unpaired) electrons. The van der Waals surface area contributed by atoms with Crippen LogP contribution in [0.4, 0.5) is 10.5 Å². The fourth-order valence-electron chi connectivity index (χ4n) is 6.40. The quantitative estimate of drug-likeness (QED) is 0.181. The zero-order valence-electron chi connectivity index (χ0n) is 23.1. The monoisotopic (exact) mass is 593 g/mol. The topological polar surface area (TPSA) is 191 Å². The predicted octanol–water partition coefficient (Wildman–Crippen LogP) is 3.27. The van der Waals surface area contributed by atoms with E-state index in [1.165, 1.54) is 12.1 Å². The van der Waals surface area contributed by atoms with Gasteiger partial charge in [-0.25, -0.2) is 18.2 Å². The molecular weight excluding hydrogens is 558 g/mol. The molecular formula is C30H35N5O6S. The number of carbonyl (C=O) groups excluding carboxylic acids is 1. The number of sulfone groups is 1. The van der Waals surface area contributed by atoms with Gasteiger partial charge in [0.05, 0.1) is 10.6 Å². The normalized spacial score (nSPS) is 22.0. The number of carboxylic acid groups (broad SMARTS) is 1. The number of piperidine rings is 1. The number of amides is 1. The van der Waals surface area contributed by atoms with E-state index in [0.717, 1.165) is 18.2 Å². The molecule has 1 amide bonds. The average Bonchev–Trinajstić information content (AvgIpc) is 2.96. The lowest BCUT2D eigenvalue weighted by atomic mass is 9.76. The molecule has 1 aliphatic heterocycles. The third kappa shape index (κ3) is 5.64. The van der Waals surface area contributed by atoms with Gasteiger partial charge in [-0.15, -0.1) is 0 Å². The van der Waals surface area contributed by atoms with E-state index in [4.69, 9.17) is 21.9 Å². The number of rotatable bonds is 7. The van der Waals surface area contributed by atoms with Crippen LogP contribution in [0.1, 0.15) is 37.7 Å². The minimum absolute atomic E-state index is 0.0679. The molecule has 5 rings (SSSR count). The van der Waals surface area contributed by atoms with Crippen LogP contribution in [0.25, 0.3) is 10.8 Å². The Labute approximate surface area is 244 Å². The van der Waals surface area contributed by atoms with Crippen LogP contribution < -0.4 is 17.2 Å². The molecule has 0 bridgehead atoms. The maximum Gasteiger partial charge on any atom is 0.506 e. The Kier molecular flexibility index (Phi) is 8.11. The summed E-state index contributed by atoms with van der Waals surface area (Å²) < 4.78 is 34.1. The number of benzene rings is 3. The number of nitrogens with zero attached hydrogens (tertiary/aromatic N) is 2. The first-order chi connectivity index (χ1) is 20.0. The minimum Gasteiger partial charge on any atom is -0.450 e. The van der Waals surface area contributed by atoms with Crippen LogP contribution >= 0.6 is 0 Å². The van der Waals surface area contributed by atoms with Gasteiger partial charge < -0.3 is 31.9 Å². The highest BCUT2D eigenvalue weighted by Gasteiger charge is 2.54. The second kappa shape index (κ2) is 11.6. The average molecular weight is 594 g/mol. The molecule has 12 heteroatoms. The molecule has 3 unspecified atom stereocenters. The number of aliphatic imine (C=N–C) groups is 1. The number of hydrogen-bond donors (Lipinski definition) is 4. The lowest BCUT2D eigenvalue weighted by molar-refractivity contribution is -0.145. The van der Waals surface area contributed by atoms with Crippen molar-refractivity contribution in [1.29, 1.82) is 0 Å². The summed E-state index contributed by atoms with van der Waals surface area (Å²) in [4.78, 5) is 29.1. The van der Waals surface area contributed by atoms with Crippen molar-refractivity contribution < 1.29 is 27.9 Å². The molecule has 42 heavy (non-hydrogen) atoms. The Morgan fingerprint density at radius 3 is 2.45 bits per heavy atom. The molecule has 7 N–H and O–H groups in total. The molecule has 0 aromatic heterocycles. The van der Waals surface area contributed by atoms with Crippen LogP contribution in [0.3, 0.4) is 0 Å². The van der Waals surface area contributed by atoms with Gasteiger partial charge in [-0.2, -0.15) is 0 Å². The van der Waals surface area contributed by atoms with Crippen LogP contribution in [0.15, 0.2) is 76.6 Å². The van der Waals surface area contributed by atoms with Crippen molar-refractivity contribution in [3.8, 4) is 0 Å². The number of ether oxygens (including phenoxy) is 1.